The minimum atomic E-state index is -1.82. The highest BCUT2D eigenvalue weighted by Gasteiger charge is 2.09. The molecule has 9 heteroatoms. The standard InChI is InChI=1S/C17H15BrClN3.C2H2O4/c1-22-16(12-6-4-7-14(18)9-12)11-21-17(22)20-10-13-5-2-3-8-15(13)19;3-1(4)2(5)6/h2-9,11H,10H2,1H3,(H,20,21);(H,3,4)(H,5,6). The molecule has 3 rings (SSSR count). The van der Waals surface area contributed by atoms with Crippen LogP contribution in [0.5, 0.6) is 0 Å². The molecule has 1 aromatic heterocycles. The van der Waals surface area contributed by atoms with Crippen LogP contribution in [-0.2, 0) is 23.2 Å². The Bertz CT molecular complexity index is 979. The van der Waals surface area contributed by atoms with Crippen molar-refractivity contribution in [2.45, 2.75) is 6.54 Å². The maximum atomic E-state index is 9.10. The molecule has 3 aromatic rings. The van der Waals surface area contributed by atoms with Crippen molar-refractivity contribution in [2.75, 3.05) is 5.32 Å². The molecule has 0 bridgehead atoms. The number of rotatable bonds is 4. The number of aliphatic carboxylic acids is 2. The van der Waals surface area contributed by atoms with E-state index in [2.05, 4.69) is 38.4 Å². The summed E-state index contributed by atoms with van der Waals surface area (Å²) in [5, 5.41) is 18.9. The fraction of sp³-hybridized carbons (Fsp3) is 0.105. The third-order valence-electron chi connectivity index (χ3n) is 3.69. The zero-order chi connectivity index (χ0) is 20.7. The normalized spacial score (nSPS) is 9.96. The van der Waals surface area contributed by atoms with Gasteiger partial charge in [0.2, 0.25) is 5.95 Å². The molecule has 0 saturated carbocycles. The van der Waals surface area contributed by atoms with Crippen molar-refractivity contribution >= 4 is 45.4 Å². The third-order valence-corrected chi connectivity index (χ3v) is 4.55. The molecule has 0 aliphatic carbocycles. The summed E-state index contributed by atoms with van der Waals surface area (Å²) in [4.78, 5) is 22.7. The summed E-state index contributed by atoms with van der Waals surface area (Å²) >= 11 is 9.68. The lowest BCUT2D eigenvalue weighted by Gasteiger charge is -2.09. The second kappa shape index (κ2) is 9.91. The molecule has 0 aliphatic heterocycles. The Hall–Kier alpha value is -2.84. The first kappa shape index (κ1) is 21.5. The molecule has 0 amide bonds. The van der Waals surface area contributed by atoms with Crippen LogP contribution in [0.1, 0.15) is 5.56 Å². The number of carboxylic acid groups (broad SMARTS) is 2. The zero-order valence-corrected chi connectivity index (χ0v) is 17.1. The molecule has 3 N–H and O–H groups in total. The fourth-order valence-corrected chi connectivity index (χ4v) is 2.91. The maximum Gasteiger partial charge on any atom is 0.414 e. The number of nitrogens with zero attached hydrogens (tertiary/aromatic N) is 2. The lowest BCUT2D eigenvalue weighted by Crippen LogP contribution is -2.09. The van der Waals surface area contributed by atoms with Gasteiger partial charge in [-0.15, -0.1) is 0 Å². The largest absolute Gasteiger partial charge is 0.473 e. The predicted octanol–water partition coefficient (Wildman–Crippen LogP) is 4.27. The molecular formula is C19H17BrClN3O4. The van der Waals surface area contributed by atoms with Crippen molar-refractivity contribution < 1.29 is 19.8 Å². The number of imidazole rings is 1. The van der Waals surface area contributed by atoms with E-state index in [4.69, 9.17) is 31.4 Å². The van der Waals surface area contributed by atoms with E-state index < -0.39 is 11.9 Å². The topological polar surface area (TPSA) is 104 Å². The van der Waals surface area contributed by atoms with Gasteiger partial charge in [0.05, 0.1) is 11.9 Å². The third kappa shape index (κ3) is 5.83. The van der Waals surface area contributed by atoms with Gasteiger partial charge in [-0.25, -0.2) is 14.6 Å². The Morgan fingerprint density at radius 2 is 1.82 bits per heavy atom. The molecule has 0 atom stereocenters. The molecule has 0 saturated heterocycles. The number of hydrogen-bond donors (Lipinski definition) is 3. The molecule has 0 unspecified atom stereocenters. The highest BCUT2D eigenvalue weighted by Crippen LogP contribution is 2.25. The minimum absolute atomic E-state index is 0.641. The summed E-state index contributed by atoms with van der Waals surface area (Å²) in [7, 11) is 2.00. The number of carbonyl (C=O) groups is 2. The van der Waals surface area contributed by atoms with E-state index in [1.165, 1.54) is 0 Å². The Labute approximate surface area is 174 Å². The second-order valence-corrected chi connectivity index (χ2v) is 6.91. The van der Waals surface area contributed by atoms with E-state index >= 15 is 0 Å². The molecule has 0 fully saturated rings. The summed E-state index contributed by atoms with van der Waals surface area (Å²) in [6.07, 6.45) is 1.87. The summed E-state index contributed by atoms with van der Waals surface area (Å²) in [6.45, 7) is 0.641. The SMILES string of the molecule is Cn1c(-c2cccc(Br)c2)cnc1NCc1ccccc1Cl.O=C(O)C(=O)O. The van der Waals surface area contributed by atoms with E-state index in [0.29, 0.717) is 6.54 Å². The number of anilines is 1. The van der Waals surface area contributed by atoms with Gasteiger partial charge in [0.15, 0.2) is 0 Å². The second-order valence-electron chi connectivity index (χ2n) is 5.59. The Morgan fingerprint density at radius 3 is 2.43 bits per heavy atom. The Balaban J connectivity index is 0.000000409. The monoisotopic (exact) mass is 465 g/mol. The molecule has 28 heavy (non-hydrogen) atoms. The van der Waals surface area contributed by atoms with Gasteiger partial charge in [-0.1, -0.05) is 57.9 Å². The van der Waals surface area contributed by atoms with Crippen LogP contribution in [-0.4, -0.2) is 31.7 Å². The van der Waals surface area contributed by atoms with Crippen LogP contribution >= 0.6 is 27.5 Å². The van der Waals surface area contributed by atoms with Crippen molar-refractivity contribution in [1.82, 2.24) is 9.55 Å². The van der Waals surface area contributed by atoms with Gasteiger partial charge in [-0.2, -0.15) is 0 Å². The van der Waals surface area contributed by atoms with E-state index in [-0.39, 0.29) is 0 Å². The van der Waals surface area contributed by atoms with E-state index in [9.17, 15) is 0 Å². The molecule has 146 valence electrons. The average molecular weight is 467 g/mol. The Morgan fingerprint density at radius 1 is 1.14 bits per heavy atom. The van der Waals surface area contributed by atoms with Gasteiger partial charge >= 0.3 is 11.9 Å². The summed E-state index contributed by atoms with van der Waals surface area (Å²) in [6, 6.07) is 16.0. The van der Waals surface area contributed by atoms with E-state index in [0.717, 1.165) is 32.3 Å². The molecule has 0 radical (unpaired) electrons. The first-order valence-corrected chi connectivity index (χ1v) is 9.18. The van der Waals surface area contributed by atoms with Crippen LogP contribution in [0.4, 0.5) is 5.95 Å². The van der Waals surface area contributed by atoms with Crippen molar-refractivity contribution in [2.24, 2.45) is 7.05 Å². The van der Waals surface area contributed by atoms with Gasteiger partial charge in [0.25, 0.3) is 0 Å². The van der Waals surface area contributed by atoms with Crippen molar-refractivity contribution in [3.05, 3.63) is 69.8 Å². The minimum Gasteiger partial charge on any atom is -0.473 e. The fourth-order valence-electron chi connectivity index (χ4n) is 2.31. The van der Waals surface area contributed by atoms with Gasteiger partial charge in [-0.05, 0) is 23.8 Å². The first-order valence-electron chi connectivity index (χ1n) is 8.00. The molecule has 2 aromatic carbocycles. The molecule has 0 spiro atoms. The number of benzene rings is 2. The highest BCUT2D eigenvalue weighted by atomic mass is 79.9. The number of nitrogens with one attached hydrogen (secondary N) is 1. The van der Waals surface area contributed by atoms with Crippen molar-refractivity contribution in [1.29, 1.82) is 0 Å². The predicted molar refractivity (Wildman–Crippen MR) is 110 cm³/mol. The zero-order valence-electron chi connectivity index (χ0n) is 14.8. The van der Waals surface area contributed by atoms with Crippen molar-refractivity contribution in [3.8, 4) is 11.3 Å². The summed E-state index contributed by atoms with van der Waals surface area (Å²) in [5.41, 5.74) is 3.23. The van der Waals surface area contributed by atoms with Crippen LogP contribution in [0.25, 0.3) is 11.3 Å². The van der Waals surface area contributed by atoms with Crippen molar-refractivity contribution in [3.63, 3.8) is 0 Å². The van der Waals surface area contributed by atoms with Gasteiger partial charge in [-0.3, -0.25) is 0 Å². The number of hydrogen-bond acceptors (Lipinski definition) is 4. The van der Waals surface area contributed by atoms with Crippen LogP contribution in [0.15, 0.2) is 59.2 Å². The van der Waals surface area contributed by atoms with Crippen LogP contribution in [0.2, 0.25) is 5.02 Å². The quantitative estimate of drug-likeness (QED) is 0.496. The van der Waals surface area contributed by atoms with Gasteiger partial charge in [0.1, 0.15) is 0 Å². The molecule has 1 heterocycles. The van der Waals surface area contributed by atoms with Gasteiger partial charge < -0.3 is 20.1 Å². The number of aromatic nitrogens is 2. The number of carboxylic acids is 2. The lowest BCUT2D eigenvalue weighted by molar-refractivity contribution is -0.159. The van der Waals surface area contributed by atoms with E-state index in [1.54, 1.807) is 0 Å². The van der Waals surface area contributed by atoms with Crippen LogP contribution in [0, 0.1) is 0 Å². The first-order chi connectivity index (χ1) is 13.3. The van der Waals surface area contributed by atoms with Crippen LogP contribution < -0.4 is 5.32 Å². The summed E-state index contributed by atoms with van der Waals surface area (Å²) in [5.74, 6) is -2.83. The van der Waals surface area contributed by atoms with Crippen LogP contribution in [0.3, 0.4) is 0 Å². The molecule has 7 nitrogen and oxygen atoms in total. The van der Waals surface area contributed by atoms with Gasteiger partial charge in [0, 0.05) is 28.7 Å². The average Bonchev–Trinajstić information content (AvgIpc) is 3.02. The molecular weight excluding hydrogens is 450 g/mol. The summed E-state index contributed by atoms with van der Waals surface area (Å²) < 4.78 is 3.09. The maximum absolute atomic E-state index is 9.10. The highest BCUT2D eigenvalue weighted by molar-refractivity contribution is 9.10. The van der Waals surface area contributed by atoms with E-state index in [1.807, 2.05) is 54.2 Å². The Kier molecular flexibility index (Phi) is 7.60. The smallest absolute Gasteiger partial charge is 0.414 e. The number of halogens is 2. The molecule has 0 aliphatic rings. The lowest BCUT2D eigenvalue weighted by atomic mass is 10.2.